The van der Waals surface area contributed by atoms with E-state index >= 15 is 0 Å². The van der Waals surface area contributed by atoms with E-state index in [1.807, 2.05) is 53.5 Å². The molecular weight excluding hydrogens is 210 g/mol. The number of hydrogen-bond donors (Lipinski definition) is 1. The van der Waals surface area contributed by atoms with Crippen LogP contribution >= 0.6 is 0 Å². The molecule has 17 heavy (non-hydrogen) atoms. The number of rotatable bonds is 2. The van der Waals surface area contributed by atoms with E-state index in [1.54, 1.807) is 0 Å². The van der Waals surface area contributed by atoms with Gasteiger partial charge in [0.25, 0.3) is 0 Å². The second-order valence-corrected chi connectivity index (χ2v) is 4.04. The molecule has 0 spiro atoms. The highest BCUT2D eigenvalue weighted by Gasteiger charge is 2.04. The maximum absolute atomic E-state index is 4.38. The summed E-state index contributed by atoms with van der Waals surface area (Å²) in [6, 6.07) is 16.2. The molecule has 0 radical (unpaired) electrons. The summed E-state index contributed by atoms with van der Waals surface area (Å²) in [6.45, 7) is 2.09. The van der Waals surface area contributed by atoms with Crippen LogP contribution in [0.5, 0.6) is 0 Å². The van der Waals surface area contributed by atoms with Crippen molar-refractivity contribution in [2.45, 2.75) is 6.92 Å². The fourth-order valence-electron chi connectivity index (χ4n) is 1.98. The van der Waals surface area contributed by atoms with Crippen molar-refractivity contribution < 1.29 is 0 Å². The van der Waals surface area contributed by atoms with Gasteiger partial charge in [-0.15, -0.1) is 0 Å². The largest absolute Gasteiger partial charge is 0.293 e. The van der Waals surface area contributed by atoms with Crippen LogP contribution in [0.15, 0.2) is 54.9 Å². The average molecular weight is 223 g/mol. The third-order valence-electron chi connectivity index (χ3n) is 2.79. The number of nitrogens with zero attached hydrogens (tertiary/aromatic N) is 2. The number of anilines is 1. The van der Waals surface area contributed by atoms with E-state index in [0.29, 0.717) is 0 Å². The van der Waals surface area contributed by atoms with Crippen molar-refractivity contribution in [3.8, 4) is 0 Å². The summed E-state index contributed by atoms with van der Waals surface area (Å²) in [6.07, 6.45) is 1.81. The highest BCUT2D eigenvalue weighted by atomic mass is 15.4. The van der Waals surface area contributed by atoms with E-state index in [4.69, 9.17) is 0 Å². The van der Waals surface area contributed by atoms with Gasteiger partial charge in [0.05, 0.1) is 16.7 Å². The number of aromatic nitrogens is 2. The van der Waals surface area contributed by atoms with Crippen LogP contribution < -0.4 is 5.43 Å². The first kappa shape index (κ1) is 9.90. The molecule has 0 aliphatic carbocycles. The van der Waals surface area contributed by atoms with Crippen LogP contribution in [0.2, 0.25) is 0 Å². The summed E-state index contributed by atoms with van der Waals surface area (Å²) in [5, 5.41) is 0. The van der Waals surface area contributed by atoms with Crippen molar-refractivity contribution in [1.29, 1.82) is 0 Å². The van der Waals surface area contributed by atoms with E-state index in [9.17, 15) is 0 Å². The zero-order valence-corrected chi connectivity index (χ0v) is 9.59. The normalized spacial score (nSPS) is 10.6. The van der Waals surface area contributed by atoms with E-state index < -0.39 is 0 Å². The Morgan fingerprint density at radius 2 is 1.82 bits per heavy atom. The highest BCUT2D eigenvalue weighted by Crippen LogP contribution is 2.17. The predicted molar refractivity (Wildman–Crippen MR) is 69.9 cm³/mol. The molecular formula is C14H13N3. The first-order chi connectivity index (χ1) is 8.34. The quantitative estimate of drug-likeness (QED) is 0.723. The Balaban J connectivity index is 2.07. The minimum Gasteiger partial charge on any atom is -0.293 e. The van der Waals surface area contributed by atoms with Gasteiger partial charge in [-0.1, -0.05) is 30.3 Å². The van der Waals surface area contributed by atoms with Gasteiger partial charge in [0, 0.05) is 0 Å². The van der Waals surface area contributed by atoms with Crippen molar-refractivity contribution in [2.24, 2.45) is 0 Å². The van der Waals surface area contributed by atoms with Crippen LogP contribution in [-0.2, 0) is 0 Å². The number of benzene rings is 2. The van der Waals surface area contributed by atoms with E-state index in [1.165, 1.54) is 5.56 Å². The number of hydrogen-bond acceptors (Lipinski definition) is 2. The molecule has 84 valence electrons. The molecule has 2 aromatic carbocycles. The maximum Gasteiger partial charge on any atom is 0.116 e. The SMILES string of the molecule is Cc1cccc2ncn(Nc3ccccc3)c12. The van der Waals surface area contributed by atoms with E-state index in [2.05, 4.69) is 23.4 Å². The molecule has 1 heterocycles. The molecule has 0 atom stereocenters. The van der Waals surface area contributed by atoms with Crippen LogP contribution in [0.3, 0.4) is 0 Å². The Labute approximate surface area is 99.7 Å². The van der Waals surface area contributed by atoms with Gasteiger partial charge >= 0.3 is 0 Å². The van der Waals surface area contributed by atoms with Crippen molar-refractivity contribution in [1.82, 2.24) is 9.66 Å². The van der Waals surface area contributed by atoms with Crippen LogP contribution in [0, 0.1) is 6.92 Å². The summed E-state index contributed by atoms with van der Waals surface area (Å²) in [7, 11) is 0. The number of aryl methyl sites for hydroxylation is 1. The second kappa shape index (κ2) is 3.94. The third-order valence-corrected chi connectivity index (χ3v) is 2.79. The Kier molecular flexibility index (Phi) is 2.29. The number of imidazole rings is 1. The van der Waals surface area contributed by atoms with Crippen molar-refractivity contribution in [3.05, 3.63) is 60.4 Å². The lowest BCUT2D eigenvalue weighted by atomic mass is 10.2. The molecule has 0 saturated heterocycles. The van der Waals surface area contributed by atoms with Crippen molar-refractivity contribution >= 4 is 16.7 Å². The zero-order chi connectivity index (χ0) is 11.7. The summed E-state index contributed by atoms with van der Waals surface area (Å²) in [5.74, 6) is 0. The number of para-hydroxylation sites is 2. The van der Waals surface area contributed by atoms with Crippen molar-refractivity contribution in [2.75, 3.05) is 5.43 Å². The molecule has 3 aromatic rings. The molecule has 1 N–H and O–H groups in total. The van der Waals surface area contributed by atoms with Gasteiger partial charge in [-0.25, -0.2) is 9.66 Å². The molecule has 3 heteroatoms. The van der Waals surface area contributed by atoms with Gasteiger partial charge in [-0.05, 0) is 30.7 Å². The lowest BCUT2D eigenvalue weighted by Crippen LogP contribution is -2.07. The van der Waals surface area contributed by atoms with Gasteiger partial charge in [-0.3, -0.25) is 5.43 Å². The number of fused-ring (bicyclic) bond motifs is 1. The van der Waals surface area contributed by atoms with E-state index in [-0.39, 0.29) is 0 Å². The van der Waals surface area contributed by atoms with Crippen LogP contribution in [0.1, 0.15) is 5.56 Å². The topological polar surface area (TPSA) is 29.9 Å². The lowest BCUT2D eigenvalue weighted by molar-refractivity contribution is 0.984. The van der Waals surface area contributed by atoms with Crippen LogP contribution in [-0.4, -0.2) is 9.66 Å². The Bertz CT molecular complexity index is 641. The first-order valence-electron chi connectivity index (χ1n) is 5.59. The number of nitrogens with one attached hydrogen (secondary N) is 1. The van der Waals surface area contributed by atoms with Gasteiger partial charge in [0.2, 0.25) is 0 Å². The molecule has 0 unspecified atom stereocenters. The average Bonchev–Trinajstić information content (AvgIpc) is 2.75. The standard InChI is InChI=1S/C14H13N3/c1-11-6-5-9-13-14(11)17(10-15-13)16-12-7-3-2-4-8-12/h2-10,16H,1H3. The molecule has 0 aliphatic rings. The molecule has 0 bridgehead atoms. The molecule has 0 aliphatic heterocycles. The molecule has 3 rings (SSSR count). The smallest absolute Gasteiger partial charge is 0.116 e. The van der Waals surface area contributed by atoms with Crippen LogP contribution in [0.4, 0.5) is 5.69 Å². The fourth-order valence-corrected chi connectivity index (χ4v) is 1.98. The van der Waals surface area contributed by atoms with Gasteiger partial charge in [0.1, 0.15) is 6.33 Å². The Hall–Kier alpha value is -2.29. The minimum absolute atomic E-state index is 1.01. The first-order valence-corrected chi connectivity index (χ1v) is 5.59. The van der Waals surface area contributed by atoms with Gasteiger partial charge in [-0.2, -0.15) is 0 Å². The van der Waals surface area contributed by atoms with Crippen LogP contribution in [0.25, 0.3) is 11.0 Å². The Morgan fingerprint density at radius 3 is 2.65 bits per heavy atom. The second-order valence-electron chi connectivity index (χ2n) is 4.04. The minimum atomic E-state index is 1.01. The van der Waals surface area contributed by atoms with Gasteiger partial charge < -0.3 is 0 Å². The summed E-state index contributed by atoms with van der Waals surface area (Å²) >= 11 is 0. The molecule has 0 saturated carbocycles. The molecule has 1 aromatic heterocycles. The maximum atomic E-state index is 4.38. The Morgan fingerprint density at radius 1 is 1.00 bits per heavy atom. The predicted octanol–water partition coefficient (Wildman–Crippen LogP) is 3.22. The zero-order valence-electron chi connectivity index (χ0n) is 9.59. The molecule has 0 fully saturated rings. The summed E-state index contributed by atoms with van der Waals surface area (Å²) in [4.78, 5) is 4.38. The monoisotopic (exact) mass is 223 g/mol. The van der Waals surface area contributed by atoms with Crippen molar-refractivity contribution in [3.63, 3.8) is 0 Å². The van der Waals surface area contributed by atoms with E-state index in [0.717, 1.165) is 16.7 Å². The highest BCUT2D eigenvalue weighted by molar-refractivity contribution is 5.79. The fraction of sp³-hybridized carbons (Fsp3) is 0.0714. The lowest BCUT2D eigenvalue weighted by Gasteiger charge is -2.09. The third kappa shape index (κ3) is 1.76. The summed E-state index contributed by atoms with van der Waals surface area (Å²) < 4.78 is 1.96. The van der Waals surface area contributed by atoms with Gasteiger partial charge in [0.15, 0.2) is 0 Å². The summed E-state index contributed by atoms with van der Waals surface area (Å²) in [5.41, 5.74) is 7.71. The molecule has 0 amide bonds. The molecule has 3 nitrogen and oxygen atoms in total.